The van der Waals surface area contributed by atoms with Crippen molar-refractivity contribution in [1.82, 2.24) is 15.5 Å². The fourth-order valence-electron chi connectivity index (χ4n) is 3.52. The number of methoxy groups -OCH3 is 1. The molecular formula is C20H33N3O2. The molecule has 1 unspecified atom stereocenters. The van der Waals surface area contributed by atoms with Crippen molar-refractivity contribution in [3.8, 4) is 5.75 Å². The largest absolute Gasteiger partial charge is 0.496 e. The van der Waals surface area contributed by atoms with E-state index in [2.05, 4.69) is 36.3 Å². The van der Waals surface area contributed by atoms with Crippen LogP contribution in [0.3, 0.4) is 0 Å². The van der Waals surface area contributed by atoms with E-state index in [-0.39, 0.29) is 18.1 Å². The van der Waals surface area contributed by atoms with Crippen molar-refractivity contribution >= 4 is 6.03 Å². The SMILES string of the molecule is CCC(NC(=O)NC1CCN(CC(C)C)CC1)c1ccccc1OC. The molecule has 1 atom stereocenters. The Labute approximate surface area is 152 Å². The predicted octanol–water partition coefficient (Wildman–Crippen LogP) is 3.57. The molecule has 5 heteroatoms. The maximum absolute atomic E-state index is 12.4. The molecule has 25 heavy (non-hydrogen) atoms. The van der Waals surface area contributed by atoms with E-state index in [0.29, 0.717) is 5.92 Å². The number of hydrogen-bond acceptors (Lipinski definition) is 3. The van der Waals surface area contributed by atoms with E-state index in [1.165, 1.54) is 0 Å². The van der Waals surface area contributed by atoms with E-state index in [4.69, 9.17) is 4.74 Å². The molecule has 1 aliphatic rings. The molecule has 0 saturated carbocycles. The quantitative estimate of drug-likeness (QED) is 0.793. The fourth-order valence-corrected chi connectivity index (χ4v) is 3.52. The number of carbonyl (C=O) groups is 1. The highest BCUT2D eigenvalue weighted by Gasteiger charge is 2.22. The summed E-state index contributed by atoms with van der Waals surface area (Å²) in [5.41, 5.74) is 1.02. The van der Waals surface area contributed by atoms with E-state index in [1.54, 1.807) is 7.11 Å². The lowest BCUT2D eigenvalue weighted by atomic mass is 10.0. The Morgan fingerprint density at radius 3 is 2.56 bits per heavy atom. The van der Waals surface area contributed by atoms with Crippen molar-refractivity contribution in [1.29, 1.82) is 0 Å². The number of likely N-dealkylation sites (tertiary alicyclic amines) is 1. The fraction of sp³-hybridized carbons (Fsp3) is 0.650. The van der Waals surface area contributed by atoms with Gasteiger partial charge in [-0.15, -0.1) is 0 Å². The van der Waals surface area contributed by atoms with Gasteiger partial charge in [-0.3, -0.25) is 0 Å². The summed E-state index contributed by atoms with van der Waals surface area (Å²) in [7, 11) is 1.66. The third kappa shape index (κ3) is 5.92. The summed E-state index contributed by atoms with van der Waals surface area (Å²) in [6.07, 6.45) is 2.86. The summed E-state index contributed by atoms with van der Waals surface area (Å²) < 4.78 is 5.43. The van der Waals surface area contributed by atoms with Crippen LogP contribution in [0.1, 0.15) is 51.6 Å². The van der Waals surface area contributed by atoms with E-state index < -0.39 is 0 Å². The Morgan fingerprint density at radius 1 is 1.28 bits per heavy atom. The van der Waals surface area contributed by atoms with E-state index in [9.17, 15) is 4.79 Å². The monoisotopic (exact) mass is 347 g/mol. The molecule has 2 rings (SSSR count). The van der Waals surface area contributed by atoms with Gasteiger partial charge in [0.05, 0.1) is 13.2 Å². The molecule has 0 spiro atoms. The number of benzene rings is 1. The zero-order chi connectivity index (χ0) is 18.2. The summed E-state index contributed by atoms with van der Waals surface area (Å²) >= 11 is 0. The average molecular weight is 348 g/mol. The number of carbonyl (C=O) groups excluding carboxylic acids is 1. The summed E-state index contributed by atoms with van der Waals surface area (Å²) in [4.78, 5) is 14.9. The molecule has 2 amide bonds. The summed E-state index contributed by atoms with van der Waals surface area (Å²) in [5, 5.41) is 6.25. The van der Waals surface area contributed by atoms with Gasteiger partial charge in [-0.2, -0.15) is 0 Å². The zero-order valence-corrected chi connectivity index (χ0v) is 16.0. The number of nitrogens with one attached hydrogen (secondary N) is 2. The molecule has 0 radical (unpaired) electrons. The van der Waals surface area contributed by atoms with Crippen LogP contribution in [0.2, 0.25) is 0 Å². The average Bonchev–Trinajstić information content (AvgIpc) is 2.61. The van der Waals surface area contributed by atoms with Crippen LogP contribution < -0.4 is 15.4 Å². The van der Waals surface area contributed by atoms with Crippen LogP contribution in [0.15, 0.2) is 24.3 Å². The number of piperidine rings is 1. The number of urea groups is 1. The Balaban J connectivity index is 1.85. The van der Waals surface area contributed by atoms with E-state index in [1.807, 2.05) is 24.3 Å². The Hall–Kier alpha value is -1.75. The molecule has 1 fully saturated rings. The lowest BCUT2D eigenvalue weighted by Crippen LogP contribution is -2.49. The van der Waals surface area contributed by atoms with Crippen LogP contribution in [0.5, 0.6) is 5.75 Å². The first-order valence-electron chi connectivity index (χ1n) is 9.45. The van der Waals surface area contributed by atoms with Crippen molar-refractivity contribution in [3.63, 3.8) is 0 Å². The van der Waals surface area contributed by atoms with Crippen LogP contribution in [0, 0.1) is 5.92 Å². The predicted molar refractivity (Wildman–Crippen MR) is 102 cm³/mol. The second kappa shape index (κ2) is 9.66. The minimum Gasteiger partial charge on any atom is -0.496 e. The summed E-state index contributed by atoms with van der Waals surface area (Å²) in [6.45, 7) is 9.84. The van der Waals surface area contributed by atoms with Crippen LogP contribution >= 0.6 is 0 Å². The molecular weight excluding hydrogens is 314 g/mol. The highest BCUT2D eigenvalue weighted by atomic mass is 16.5. The van der Waals surface area contributed by atoms with Gasteiger partial charge in [0.2, 0.25) is 0 Å². The van der Waals surface area contributed by atoms with Crippen molar-refractivity contribution in [2.24, 2.45) is 5.92 Å². The number of ether oxygens (including phenoxy) is 1. The van der Waals surface area contributed by atoms with Crippen LogP contribution in [0.4, 0.5) is 4.79 Å². The second-order valence-corrected chi connectivity index (χ2v) is 7.29. The van der Waals surface area contributed by atoms with E-state index >= 15 is 0 Å². The first kappa shape index (κ1) is 19.6. The number of nitrogens with zero attached hydrogens (tertiary/aromatic N) is 1. The van der Waals surface area contributed by atoms with Gasteiger partial charge in [0.25, 0.3) is 0 Å². The molecule has 1 aliphatic heterocycles. The van der Waals surface area contributed by atoms with Gasteiger partial charge >= 0.3 is 6.03 Å². The van der Waals surface area contributed by atoms with Gasteiger partial charge in [-0.05, 0) is 31.2 Å². The van der Waals surface area contributed by atoms with Gasteiger partial charge in [-0.25, -0.2) is 4.79 Å². The summed E-state index contributed by atoms with van der Waals surface area (Å²) in [6, 6.07) is 8.00. The van der Waals surface area contributed by atoms with Crippen molar-refractivity contribution < 1.29 is 9.53 Å². The lowest BCUT2D eigenvalue weighted by molar-refractivity contribution is 0.177. The van der Waals surface area contributed by atoms with Crippen LogP contribution in [0.25, 0.3) is 0 Å². The molecule has 1 aromatic carbocycles. The summed E-state index contributed by atoms with van der Waals surface area (Å²) in [5.74, 6) is 1.51. The molecule has 1 aromatic rings. The number of rotatable bonds is 7. The smallest absolute Gasteiger partial charge is 0.315 e. The van der Waals surface area contributed by atoms with Gasteiger partial charge < -0.3 is 20.3 Å². The molecule has 0 aliphatic carbocycles. The third-order valence-electron chi connectivity index (χ3n) is 4.77. The standard InChI is InChI=1S/C20H33N3O2/c1-5-18(17-8-6-7-9-19(17)25-4)22-20(24)21-16-10-12-23(13-11-16)14-15(2)3/h6-9,15-16,18H,5,10-14H2,1-4H3,(H2,21,22,24). The van der Waals surface area contributed by atoms with E-state index in [0.717, 1.165) is 50.2 Å². The molecule has 0 bridgehead atoms. The number of amides is 2. The number of para-hydroxylation sites is 1. The Kier molecular flexibility index (Phi) is 7.56. The second-order valence-electron chi connectivity index (χ2n) is 7.29. The maximum atomic E-state index is 12.4. The zero-order valence-electron chi connectivity index (χ0n) is 16.0. The van der Waals surface area contributed by atoms with Gasteiger partial charge in [0.1, 0.15) is 5.75 Å². The van der Waals surface area contributed by atoms with Crippen LogP contribution in [-0.2, 0) is 0 Å². The molecule has 2 N–H and O–H groups in total. The minimum absolute atomic E-state index is 0.0443. The van der Waals surface area contributed by atoms with Crippen molar-refractivity contribution in [2.75, 3.05) is 26.7 Å². The van der Waals surface area contributed by atoms with Crippen molar-refractivity contribution in [3.05, 3.63) is 29.8 Å². The van der Waals surface area contributed by atoms with Crippen LogP contribution in [-0.4, -0.2) is 43.7 Å². The van der Waals surface area contributed by atoms with Crippen molar-refractivity contribution in [2.45, 2.75) is 52.1 Å². The van der Waals surface area contributed by atoms with Gasteiger partial charge in [-0.1, -0.05) is 39.0 Å². The maximum Gasteiger partial charge on any atom is 0.315 e. The van der Waals surface area contributed by atoms with Gasteiger partial charge in [0.15, 0.2) is 0 Å². The molecule has 5 nitrogen and oxygen atoms in total. The normalized spacial score (nSPS) is 17.3. The third-order valence-corrected chi connectivity index (χ3v) is 4.77. The molecule has 1 saturated heterocycles. The molecule has 1 heterocycles. The topological polar surface area (TPSA) is 53.6 Å². The highest BCUT2D eigenvalue weighted by molar-refractivity contribution is 5.75. The Morgan fingerprint density at radius 2 is 1.96 bits per heavy atom. The molecule has 140 valence electrons. The first-order chi connectivity index (χ1) is 12.0. The first-order valence-corrected chi connectivity index (χ1v) is 9.45. The van der Waals surface area contributed by atoms with Gasteiger partial charge in [0, 0.05) is 31.2 Å². The highest BCUT2D eigenvalue weighted by Crippen LogP contribution is 2.26. The number of hydrogen-bond donors (Lipinski definition) is 2. The Bertz CT molecular complexity index is 539. The molecule has 0 aromatic heterocycles. The minimum atomic E-state index is -0.0833. The lowest BCUT2D eigenvalue weighted by Gasteiger charge is -2.33.